The van der Waals surface area contributed by atoms with Crippen LogP contribution in [0.4, 0.5) is 0 Å². The average Bonchev–Trinajstić information content (AvgIpc) is 2.50. The second kappa shape index (κ2) is 4.07. The van der Waals surface area contributed by atoms with Crippen LogP contribution in [0.25, 0.3) is 0 Å². The number of nitrogens with one attached hydrogen (secondary N) is 1. The first-order chi connectivity index (χ1) is 5.33. The van der Waals surface area contributed by atoms with Gasteiger partial charge in [-0.05, 0) is 19.3 Å². The van der Waals surface area contributed by atoms with E-state index in [9.17, 15) is 0 Å². The molecule has 0 aromatic heterocycles. The van der Waals surface area contributed by atoms with E-state index in [0.717, 1.165) is 6.54 Å². The summed E-state index contributed by atoms with van der Waals surface area (Å²) in [6.07, 6.45) is 6.50. The predicted octanol–water partition coefficient (Wildman–Crippen LogP) is 1.29. The summed E-state index contributed by atoms with van der Waals surface area (Å²) in [6.45, 7) is 3.26. The van der Waals surface area contributed by atoms with E-state index >= 15 is 0 Å². The maximum absolute atomic E-state index is 8.67. The Hall–Kier alpha value is -0.0800. The van der Waals surface area contributed by atoms with E-state index in [4.69, 9.17) is 5.11 Å². The van der Waals surface area contributed by atoms with Crippen LogP contribution in [-0.4, -0.2) is 23.8 Å². The van der Waals surface area contributed by atoms with E-state index in [-0.39, 0.29) is 6.61 Å². The quantitative estimate of drug-likeness (QED) is 0.644. The van der Waals surface area contributed by atoms with Gasteiger partial charge < -0.3 is 10.4 Å². The van der Waals surface area contributed by atoms with Gasteiger partial charge in [-0.2, -0.15) is 0 Å². The molecule has 11 heavy (non-hydrogen) atoms. The highest BCUT2D eigenvalue weighted by Gasteiger charge is 2.30. The molecule has 66 valence electrons. The maximum Gasteiger partial charge on any atom is 0.0556 e. The Morgan fingerprint density at radius 2 is 2.00 bits per heavy atom. The summed E-state index contributed by atoms with van der Waals surface area (Å²) in [5.74, 6) is 0. The number of aliphatic hydroxyl groups excluding tert-OH is 1. The van der Waals surface area contributed by atoms with Gasteiger partial charge in [0.05, 0.1) is 6.61 Å². The van der Waals surface area contributed by atoms with Crippen molar-refractivity contribution in [1.29, 1.82) is 0 Å². The van der Waals surface area contributed by atoms with Crippen LogP contribution >= 0.6 is 0 Å². The van der Waals surface area contributed by atoms with E-state index < -0.39 is 0 Å². The minimum Gasteiger partial charge on any atom is -0.395 e. The third-order valence-electron chi connectivity index (χ3n) is 2.85. The SMILES string of the molecule is CCC1(NCCO)CCCC1. The molecule has 0 saturated heterocycles. The first-order valence-electron chi connectivity index (χ1n) is 4.69. The van der Waals surface area contributed by atoms with Crippen molar-refractivity contribution in [2.75, 3.05) is 13.2 Å². The Morgan fingerprint density at radius 1 is 1.36 bits per heavy atom. The lowest BCUT2D eigenvalue weighted by Gasteiger charge is -2.28. The average molecular weight is 157 g/mol. The number of hydrogen-bond donors (Lipinski definition) is 2. The molecule has 0 spiro atoms. The van der Waals surface area contributed by atoms with E-state index in [1.165, 1.54) is 32.1 Å². The van der Waals surface area contributed by atoms with Crippen LogP contribution in [0.1, 0.15) is 39.0 Å². The van der Waals surface area contributed by atoms with Gasteiger partial charge in [-0.15, -0.1) is 0 Å². The van der Waals surface area contributed by atoms with Crippen molar-refractivity contribution in [3.05, 3.63) is 0 Å². The molecule has 0 aliphatic heterocycles. The lowest BCUT2D eigenvalue weighted by atomic mass is 9.94. The third-order valence-corrected chi connectivity index (χ3v) is 2.85. The zero-order valence-electron chi connectivity index (χ0n) is 7.40. The highest BCUT2D eigenvalue weighted by atomic mass is 16.3. The molecule has 0 atom stereocenters. The van der Waals surface area contributed by atoms with Crippen molar-refractivity contribution in [1.82, 2.24) is 5.32 Å². The van der Waals surface area contributed by atoms with Gasteiger partial charge >= 0.3 is 0 Å². The summed E-state index contributed by atoms with van der Waals surface area (Å²) >= 11 is 0. The summed E-state index contributed by atoms with van der Waals surface area (Å²) in [5.41, 5.74) is 0.378. The van der Waals surface area contributed by atoms with Crippen molar-refractivity contribution >= 4 is 0 Å². The topological polar surface area (TPSA) is 32.3 Å². The number of rotatable bonds is 4. The minimum absolute atomic E-state index is 0.266. The molecule has 1 aliphatic carbocycles. The zero-order valence-corrected chi connectivity index (χ0v) is 7.40. The molecule has 1 fully saturated rings. The normalized spacial score (nSPS) is 22.4. The van der Waals surface area contributed by atoms with Crippen LogP contribution < -0.4 is 5.32 Å². The van der Waals surface area contributed by atoms with Gasteiger partial charge in [0.2, 0.25) is 0 Å². The van der Waals surface area contributed by atoms with E-state index in [2.05, 4.69) is 12.2 Å². The molecule has 0 bridgehead atoms. The van der Waals surface area contributed by atoms with Gasteiger partial charge in [0.25, 0.3) is 0 Å². The highest BCUT2D eigenvalue weighted by Crippen LogP contribution is 2.31. The summed E-state index contributed by atoms with van der Waals surface area (Å²) < 4.78 is 0. The van der Waals surface area contributed by atoms with Crippen LogP contribution in [0, 0.1) is 0 Å². The number of aliphatic hydroxyl groups is 1. The molecule has 1 saturated carbocycles. The molecule has 0 amide bonds. The third kappa shape index (κ3) is 2.17. The van der Waals surface area contributed by atoms with Crippen molar-refractivity contribution in [3.63, 3.8) is 0 Å². The first-order valence-corrected chi connectivity index (χ1v) is 4.69. The predicted molar refractivity (Wildman–Crippen MR) is 46.6 cm³/mol. The first kappa shape index (κ1) is 9.01. The molecule has 0 aromatic carbocycles. The fourth-order valence-electron chi connectivity index (χ4n) is 2.03. The molecule has 1 aliphatic rings. The van der Waals surface area contributed by atoms with Gasteiger partial charge in [0.1, 0.15) is 0 Å². The van der Waals surface area contributed by atoms with Gasteiger partial charge in [-0.25, -0.2) is 0 Å². The minimum atomic E-state index is 0.266. The Labute approximate surface area is 69.0 Å². The number of hydrogen-bond acceptors (Lipinski definition) is 2. The van der Waals surface area contributed by atoms with Crippen LogP contribution in [0.3, 0.4) is 0 Å². The fourth-order valence-corrected chi connectivity index (χ4v) is 2.03. The van der Waals surface area contributed by atoms with Crippen LogP contribution in [-0.2, 0) is 0 Å². The van der Waals surface area contributed by atoms with Gasteiger partial charge in [-0.3, -0.25) is 0 Å². The van der Waals surface area contributed by atoms with Crippen molar-refractivity contribution in [3.8, 4) is 0 Å². The Balaban J connectivity index is 2.33. The van der Waals surface area contributed by atoms with E-state index in [1.54, 1.807) is 0 Å². The van der Waals surface area contributed by atoms with E-state index in [0.29, 0.717) is 5.54 Å². The Morgan fingerprint density at radius 3 is 2.45 bits per heavy atom. The van der Waals surface area contributed by atoms with Crippen molar-refractivity contribution in [2.45, 2.75) is 44.6 Å². The lowest BCUT2D eigenvalue weighted by molar-refractivity contribution is 0.247. The number of β-amino-alcohol motifs (C(OH)–C–C–N with tert-alkyl or cyclic N) is 1. The van der Waals surface area contributed by atoms with Crippen molar-refractivity contribution in [2.24, 2.45) is 0 Å². The Bertz CT molecular complexity index is 108. The highest BCUT2D eigenvalue weighted by molar-refractivity contribution is 4.90. The molecule has 0 heterocycles. The molecule has 2 N–H and O–H groups in total. The Kier molecular flexibility index (Phi) is 3.34. The smallest absolute Gasteiger partial charge is 0.0556 e. The van der Waals surface area contributed by atoms with Gasteiger partial charge in [-0.1, -0.05) is 19.8 Å². The monoisotopic (exact) mass is 157 g/mol. The molecular weight excluding hydrogens is 138 g/mol. The van der Waals surface area contributed by atoms with Gasteiger partial charge in [0.15, 0.2) is 0 Å². The summed E-state index contributed by atoms with van der Waals surface area (Å²) in [4.78, 5) is 0. The van der Waals surface area contributed by atoms with Crippen LogP contribution in [0.15, 0.2) is 0 Å². The van der Waals surface area contributed by atoms with E-state index in [1.807, 2.05) is 0 Å². The van der Waals surface area contributed by atoms with Crippen molar-refractivity contribution < 1.29 is 5.11 Å². The molecular formula is C9H19NO. The molecule has 2 nitrogen and oxygen atoms in total. The van der Waals surface area contributed by atoms with Crippen LogP contribution in [0.5, 0.6) is 0 Å². The molecule has 0 radical (unpaired) electrons. The molecule has 0 unspecified atom stereocenters. The maximum atomic E-state index is 8.67. The summed E-state index contributed by atoms with van der Waals surface area (Å²) in [6, 6.07) is 0. The van der Waals surface area contributed by atoms with Gasteiger partial charge in [0, 0.05) is 12.1 Å². The molecule has 1 rings (SSSR count). The zero-order chi connectivity index (χ0) is 8.16. The lowest BCUT2D eigenvalue weighted by Crippen LogP contribution is -2.43. The molecule has 2 heteroatoms. The summed E-state index contributed by atoms with van der Waals surface area (Å²) in [7, 11) is 0. The van der Waals surface area contributed by atoms with Crippen LogP contribution in [0.2, 0.25) is 0 Å². The summed E-state index contributed by atoms with van der Waals surface area (Å²) in [5, 5.41) is 12.1. The largest absolute Gasteiger partial charge is 0.395 e. The second-order valence-electron chi connectivity index (χ2n) is 3.49. The second-order valence-corrected chi connectivity index (χ2v) is 3.49. The fraction of sp³-hybridized carbons (Fsp3) is 1.00. The standard InChI is InChI=1S/C9H19NO/c1-2-9(10-7-8-11)5-3-4-6-9/h10-11H,2-8H2,1H3. The molecule has 0 aromatic rings.